The second-order valence-corrected chi connectivity index (χ2v) is 4.42. The van der Waals surface area contributed by atoms with Crippen molar-refractivity contribution in [3.05, 3.63) is 44.8 Å². The largest absolute Gasteiger partial charge is 0.416 e. The molecule has 0 amide bonds. The number of nitrogens with zero attached hydrogens (tertiary/aromatic N) is 3. The van der Waals surface area contributed by atoms with Crippen LogP contribution in [0.15, 0.2) is 23.3 Å². The lowest BCUT2D eigenvalue weighted by molar-refractivity contribution is -0.137. The fourth-order valence-corrected chi connectivity index (χ4v) is 1.93. The molecule has 0 spiro atoms. The van der Waals surface area contributed by atoms with Crippen LogP contribution in [0.5, 0.6) is 0 Å². The summed E-state index contributed by atoms with van der Waals surface area (Å²) >= 11 is 5.85. The SMILES string of the molecule is CCC(C)(N=[N+]=[N-])c1ccc(C(F)(F)F)cc1Cl. The second-order valence-electron chi connectivity index (χ2n) is 4.01. The third-order valence-electron chi connectivity index (χ3n) is 2.83. The van der Waals surface area contributed by atoms with E-state index in [1.807, 2.05) is 0 Å². The molecule has 0 aliphatic carbocycles. The molecule has 0 aliphatic heterocycles. The molecular formula is C11H11ClF3N3. The van der Waals surface area contributed by atoms with Crippen LogP contribution in [-0.2, 0) is 11.7 Å². The molecule has 0 N–H and O–H groups in total. The molecule has 98 valence electrons. The van der Waals surface area contributed by atoms with Gasteiger partial charge in [-0.05, 0) is 36.6 Å². The molecule has 0 bridgehead atoms. The van der Waals surface area contributed by atoms with Crippen LogP contribution in [0.3, 0.4) is 0 Å². The number of benzene rings is 1. The van der Waals surface area contributed by atoms with Gasteiger partial charge < -0.3 is 0 Å². The second kappa shape index (κ2) is 5.08. The van der Waals surface area contributed by atoms with E-state index < -0.39 is 17.3 Å². The predicted octanol–water partition coefficient (Wildman–Crippen LogP) is 5.29. The highest BCUT2D eigenvalue weighted by atomic mass is 35.5. The van der Waals surface area contributed by atoms with Gasteiger partial charge in [0.25, 0.3) is 0 Å². The average molecular weight is 278 g/mol. The summed E-state index contributed by atoms with van der Waals surface area (Å²) in [7, 11) is 0. The first-order valence-electron chi connectivity index (χ1n) is 5.18. The Labute approximate surface area is 107 Å². The van der Waals surface area contributed by atoms with Gasteiger partial charge in [-0.25, -0.2) is 0 Å². The lowest BCUT2D eigenvalue weighted by Gasteiger charge is -2.24. The van der Waals surface area contributed by atoms with Crippen LogP contribution in [0.25, 0.3) is 10.4 Å². The molecule has 0 heterocycles. The molecule has 1 atom stereocenters. The van der Waals surface area contributed by atoms with E-state index >= 15 is 0 Å². The summed E-state index contributed by atoms with van der Waals surface area (Å²) < 4.78 is 37.5. The fourth-order valence-electron chi connectivity index (χ4n) is 1.54. The smallest absolute Gasteiger partial charge is 0.166 e. The highest BCUT2D eigenvalue weighted by molar-refractivity contribution is 6.31. The Balaban J connectivity index is 3.33. The zero-order chi connectivity index (χ0) is 14.0. The minimum Gasteiger partial charge on any atom is -0.166 e. The van der Waals surface area contributed by atoms with Crippen molar-refractivity contribution in [3.63, 3.8) is 0 Å². The summed E-state index contributed by atoms with van der Waals surface area (Å²) in [5.74, 6) is 0. The fraction of sp³-hybridized carbons (Fsp3) is 0.455. The van der Waals surface area contributed by atoms with Crippen LogP contribution in [0.2, 0.25) is 5.02 Å². The summed E-state index contributed by atoms with van der Waals surface area (Å²) in [5.41, 5.74) is 7.12. The van der Waals surface area contributed by atoms with Gasteiger partial charge in [0, 0.05) is 9.93 Å². The standard InChI is InChI=1S/C11H11ClF3N3/c1-3-10(2,17-18-16)8-5-4-7(6-9(8)12)11(13,14)15/h4-6H,3H2,1-2H3. The Kier molecular flexibility index (Phi) is 4.14. The number of azide groups is 1. The first-order chi connectivity index (χ1) is 8.24. The Bertz CT molecular complexity index is 495. The van der Waals surface area contributed by atoms with Crippen molar-refractivity contribution >= 4 is 11.6 Å². The number of rotatable bonds is 3. The molecule has 0 aliphatic rings. The maximum Gasteiger partial charge on any atom is 0.416 e. The summed E-state index contributed by atoms with van der Waals surface area (Å²) in [6.45, 7) is 3.39. The minimum atomic E-state index is -4.44. The Morgan fingerprint density at radius 3 is 2.39 bits per heavy atom. The van der Waals surface area contributed by atoms with Gasteiger partial charge in [-0.15, -0.1) is 0 Å². The zero-order valence-electron chi connectivity index (χ0n) is 9.79. The summed E-state index contributed by atoms with van der Waals surface area (Å²) in [5, 5.41) is 3.56. The molecule has 3 nitrogen and oxygen atoms in total. The van der Waals surface area contributed by atoms with Crippen LogP contribution in [0.4, 0.5) is 13.2 Å². The molecule has 0 radical (unpaired) electrons. The van der Waals surface area contributed by atoms with Gasteiger partial charge in [0.1, 0.15) is 0 Å². The van der Waals surface area contributed by atoms with Crippen molar-refractivity contribution in [2.45, 2.75) is 32.0 Å². The van der Waals surface area contributed by atoms with Crippen LogP contribution >= 0.6 is 11.6 Å². The number of hydrogen-bond acceptors (Lipinski definition) is 1. The van der Waals surface area contributed by atoms with E-state index in [0.29, 0.717) is 12.0 Å². The summed E-state index contributed by atoms with van der Waals surface area (Å²) in [6.07, 6.45) is -4.01. The normalized spacial score (nSPS) is 14.8. The van der Waals surface area contributed by atoms with Crippen molar-refractivity contribution in [2.75, 3.05) is 0 Å². The third-order valence-corrected chi connectivity index (χ3v) is 3.14. The highest BCUT2D eigenvalue weighted by Gasteiger charge is 2.33. The van der Waals surface area contributed by atoms with E-state index in [1.165, 1.54) is 6.07 Å². The van der Waals surface area contributed by atoms with Crippen molar-refractivity contribution in [1.29, 1.82) is 0 Å². The topological polar surface area (TPSA) is 48.8 Å². The summed E-state index contributed by atoms with van der Waals surface area (Å²) in [4.78, 5) is 2.71. The minimum absolute atomic E-state index is 0.0541. The highest BCUT2D eigenvalue weighted by Crippen LogP contribution is 2.38. The number of halogens is 4. The number of hydrogen-bond donors (Lipinski definition) is 0. The average Bonchev–Trinajstić information content (AvgIpc) is 2.27. The van der Waals surface area contributed by atoms with Gasteiger partial charge in [-0.3, -0.25) is 0 Å². The molecule has 1 rings (SSSR count). The van der Waals surface area contributed by atoms with Crippen molar-refractivity contribution in [3.8, 4) is 0 Å². The maximum atomic E-state index is 12.5. The molecule has 7 heteroatoms. The van der Waals surface area contributed by atoms with Gasteiger partial charge >= 0.3 is 6.18 Å². The van der Waals surface area contributed by atoms with Gasteiger partial charge in [-0.2, -0.15) is 13.2 Å². The monoisotopic (exact) mass is 277 g/mol. The molecular weight excluding hydrogens is 267 g/mol. The molecule has 0 saturated heterocycles. The molecule has 1 unspecified atom stereocenters. The Morgan fingerprint density at radius 2 is 2.00 bits per heavy atom. The van der Waals surface area contributed by atoms with E-state index in [4.69, 9.17) is 17.1 Å². The van der Waals surface area contributed by atoms with E-state index in [2.05, 4.69) is 10.0 Å². The van der Waals surface area contributed by atoms with E-state index in [-0.39, 0.29) is 5.02 Å². The van der Waals surface area contributed by atoms with Gasteiger partial charge in [0.15, 0.2) is 0 Å². The van der Waals surface area contributed by atoms with Crippen molar-refractivity contribution in [1.82, 2.24) is 0 Å². The molecule has 1 aromatic carbocycles. The summed E-state index contributed by atoms with van der Waals surface area (Å²) in [6, 6.07) is 3.03. The van der Waals surface area contributed by atoms with E-state index in [0.717, 1.165) is 12.1 Å². The third kappa shape index (κ3) is 2.89. The maximum absolute atomic E-state index is 12.5. The molecule has 0 fully saturated rings. The quantitative estimate of drug-likeness (QED) is 0.409. The van der Waals surface area contributed by atoms with Crippen LogP contribution in [0.1, 0.15) is 31.4 Å². The molecule has 0 aromatic heterocycles. The zero-order valence-corrected chi connectivity index (χ0v) is 10.5. The first-order valence-corrected chi connectivity index (χ1v) is 5.56. The lowest BCUT2D eigenvalue weighted by atomic mass is 9.89. The Hall–Kier alpha value is -1.39. The van der Waals surface area contributed by atoms with Gasteiger partial charge in [0.2, 0.25) is 0 Å². The van der Waals surface area contributed by atoms with Crippen molar-refractivity contribution in [2.24, 2.45) is 5.11 Å². The molecule has 1 aromatic rings. The lowest BCUT2D eigenvalue weighted by Crippen LogP contribution is -2.18. The molecule has 18 heavy (non-hydrogen) atoms. The van der Waals surface area contributed by atoms with E-state index in [1.54, 1.807) is 13.8 Å². The number of alkyl halides is 3. The van der Waals surface area contributed by atoms with Gasteiger partial charge in [-0.1, -0.05) is 29.7 Å². The van der Waals surface area contributed by atoms with Crippen molar-refractivity contribution < 1.29 is 13.2 Å². The van der Waals surface area contributed by atoms with Crippen LogP contribution < -0.4 is 0 Å². The Morgan fingerprint density at radius 1 is 1.39 bits per heavy atom. The first kappa shape index (κ1) is 14.7. The molecule has 0 saturated carbocycles. The predicted molar refractivity (Wildman–Crippen MR) is 63.2 cm³/mol. The van der Waals surface area contributed by atoms with Gasteiger partial charge in [0.05, 0.1) is 11.1 Å². The van der Waals surface area contributed by atoms with Crippen LogP contribution in [-0.4, -0.2) is 0 Å². The van der Waals surface area contributed by atoms with Crippen LogP contribution in [0, 0.1) is 0 Å². The van der Waals surface area contributed by atoms with E-state index in [9.17, 15) is 13.2 Å².